The molecule has 4 N–H and O–H groups in total. The summed E-state index contributed by atoms with van der Waals surface area (Å²) in [5, 5.41) is 2.67. The summed E-state index contributed by atoms with van der Waals surface area (Å²) >= 11 is 0. The molecule has 4 heteroatoms. The fourth-order valence-electron chi connectivity index (χ4n) is 1.65. The SMILES string of the molecule is Cc1cc(C)c(CCNC(=O)NN)cc1C. The fraction of sp³-hybridized carbons (Fsp3) is 0.417. The lowest BCUT2D eigenvalue weighted by atomic mass is 9.99. The van der Waals surface area contributed by atoms with Crippen molar-refractivity contribution in [2.45, 2.75) is 27.2 Å². The van der Waals surface area contributed by atoms with Crippen molar-refractivity contribution in [3.63, 3.8) is 0 Å². The van der Waals surface area contributed by atoms with Crippen LogP contribution in [-0.2, 0) is 6.42 Å². The second kappa shape index (κ2) is 5.51. The van der Waals surface area contributed by atoms with Gasteiger partial charge in [0.15, 0.2) is 0 Å². The molecule has 1 aromatic rings. The Morgan fingerprint density at radius 3 is 2.44 bits per heavy atom. The second-order valence-corrected chi connectivity index (χ2v) is 4.01. The highest BCUT2D eigenvalue weighted by Crippen LogP contribution is 2.15. The summed E-state index contributed by atoms with van der Waals surface area (Å²) in [5.74, 6) is 4.96. The number of hydrogen-bond acceptors (Lipinski definition) is 2. The Bertz CT molecular complexity index is 388. The van der Waals surface area contributed by atoms with E-state index in [1.54, 1.807) is 0 Å². The van der Waals surface area contributed by atoms with Crippen molar-refractivity contribution in [2.75, 3.05) is 6.54 Å². The van der Waals surface area contributed by atoms with Gasteiger partial charge in [-0.25, -0.2) is 10.6 Å². The van der Waals surface area contributed by atoms with Gasteiger partial charge in [0.25, 0.3) is 0 Å². The van der Waals surface area contributed by atoms with Gasteiger partial charge >= 0.3 is 6.03 Å². The number of hydrogen-bond donors (Lipinski definition) is 3. The topological polar surface area (TPSA) is 67.2 Å². The summed E-state index contributed by atoms with van der Waals surface area (Å²) in [6.45, 7) is 6.88. The molecule has 4 nitrogen and oxygen atoms in total. The first-order valence-electron chi connectivity index (χ1n) is 5.35. The van der Waals surface area contributed by atoms with Crippen molar-refractivity contribution in [3.05, 3.63) is 34.4 Å². The second-order valence-electron chi connectivity index (χ2n) is 4.01. The first kappa shape index (κ1) is 12.5. The highest BCUT2D eigenvalue weighted by atomic mass is 16.2. The van der Waals surface area contributed by atoms with E-state index in [9.17, 15) is 4.79 Å². The predicted octanol–water partition coefficient (Wildman–Crippen LogP) is 1.33. The molecule has 0 heterocycles. The molecule has 1 rings (SSSR count). The Morgan fingerprint density at radius 1 is 1.19 bits per heavy atom. The van der Waals surface area contributed by atoms with Crippen molar-refractivity contribution in [3.8, 4) is 0 Å². The van der Waals surface area contributed by atoms with Gasteiger partial charge in [-0.2, -0.15) is 0 Å². The Kier molecular flexibility index (Phi) is 4.31. The number of aryl methyl sites for hydroxylation is 3. The molecule has 0 unspecified atom stereocenters. The van der Waals surface area contributed by atoms with Crippen LogP contribution in [0.2, 0.25) is 0 Å². The smallest absolute Gasteiger partial charge is 0.328 e. The van der Waals surface area contributed by atoms with Crippen LogP contribution >= 0.6 is 0 Å². The molecule has 0 radical (unpaired) electrons. The monoisotopic (exact) mass is 221 g/mol. The number of hydrazine groups is 1. The largest absolute Gasteiger partial charge is 0.337 e. The molecular weight excluding hydrogens is 202 g/mol. The summed E-state index contributed by atoms with van der Waals surface area (Å²) in [4.78, 5) is 10.9. The van der Waals surface area contributed by atoms with E-state index in [4.69, 9.17) is 5.84 Å². The zero-order chi connectivity index (χ0) is 12.1. The van der Waals surface area contributed by atoms with Crippen LogP contribution in [0.25, 0.3) is 0 Å². The molecular formula is C12H19N3O. The van der Waals surface area contributed by atoms with Crippen molar-refractivity contribution in [1.29, 1.82) is 0 Å². The normalized spacial score (nSPS) is 10.0. The average Bonchev–Trinajstić information content (AvgIpc) is 2.25. The lowest BCUT2D eigenvalue weighted by Gasteiger charge is -2.10. The number of carbonyl (C=O) groups excluding carboxylic acids is 1. The standard InChI is InChI=1S/C12H19N3O/c1-8-6-10(3)11(7-9(8)2)4-5-14-12(16)15-13/h6-7H,4-5,13H2,1-3H3,(H2,14,15,16). The number of rotatable bonds is 3. The minimum atomic E-state index is -0.346. The number of benzene rings is 1. The molecule has 0 bridgehead atoms. The molecule has 0 saturated carbocycles. The number of nitrogens with two attached hydrogens (primary N) is 1. The molecule has 0 aromatic heterocycles. The molecule has 16 heavy (non-hydrogen) atoms. The molecule has 88 valence electrons. The molecule has 2 amide bonds. The Labute approximate surface area is 96.2 Å². The summed E-state index contributed by atoms with van der Waals surface area (Å²) in [6, 6.07) is 4.00. The van der Waals surface area contributed by atoms with Crippen LogP contribution in [0.1, 0.15) is 22.3 Å². The number of nitrogens with one attached hydrogen (secondary N) is 2. The van der Waals surface area contributed by atoms with Crippen LogP contribution in [0.3, 0.4) is 0 Å². The van der Waals surface area contributed by atoms with Crippen LogP contribution in [0, 0.1) is 20.8 Å². The maximum Gasteiger partial charge on any atom is 0.328 e. The van der Waals surface area contributed by atoms with Gasteiger partial charge in [-0.3, -0.25) is 5.43 Å². The third-order valence-corrected chi connectivity index (χ3v) is 2.76. The zero-order valence-electron chi connectivity index (χ0n) is 10.1. The minimum Gasteiger partial charge on any atom is -0.337 e. The highest BCUT2D eigenvalue weighted by molar-refractivity contribution is 5.72. The van der Waals surface area contributed by atoms with E-state index in [1.807, 2.05) is 5.43 Å². The number of urea groups is 1. The van der Waals surface area contributed by atoms with E-state index >= 15 is 0 Å². The van der Waals surface area contributed by atoms with Crippen LogP contribution < -0.4 is 16.6 Å². The summed E-state index contributed by atoms with van der Waals surface area (Å²) in [7, 11) is 0. The zero-order valence-corrected chi connectivity index (χ0v) is 10.1. The number of amides is 2. The Balaban J connectivity index is 2.60. The third kappa shape index (κ3) is 3.24. The van der Waals surface area contributed by atoms with E-state index in [1.165, 1.54) is 22.3 Å². The van der Waals surface area contributed by atoms with Gasteiger partial charge in [-0.1, -0.05) is 12.1 Å². The van der Waals surface area contributed by atoms with E-state index in [0.717, 1.165) is 6.42 Å². The van der Waals surface area contributed by atoms with Gasteiger partial charge in [0.05, 0.1) is 0 Å². The van der Waals surface area contributed by atoms with E-state index < -0.39 is 0 Å². The lowest BCUT2D eigenvalue weighted by Crippen LogP contribution is -2.40. The quantitative estimate of drug-likeness (QED) is 0.409. The van der Waals surface area contributed by atoms with Gasteiger partial charge < -0.3 is 5.32 Å². The van der Waals surface area contributed by atoms with Crippen molar-refractivity contribution >= 4 is 6.03 Å². The summed E-state index contributed by atoms with van der Waals surface area (Å²) < 4.78 is 0. The lowest BCUT2D eigenvalue weighted by molar-refractivity contribution is 0.241. The molecule has 0 atom stereocenters. The first-order chi connectivity index (χ1) is 7.54. The molecule has 0 aliphatic carbocycles. The Morgan fingerprint density at radius 2 is 1.81 bits per heavy atom. The minimum absolute atomic E-state index is 0.346. The number of carbonyl (C=O) groups is 1. The van der Waals surface area contributed by atoms with Crippen LogP contribution in [0.15, 0.2) is 12.1 Å². The summed E-state index contributed by atoms with van der Waals surface area (Å²) in [6.07, 6.45) is 0.820. The van der Waals surface area contributed by atoms with E-state index in [-0.39, 0.29) is 6.03 Å². The van der Waals surface area contributed by atoms with Gasteiger partial charge in [-0.15, -0.1) is 0 Å². The van der Waals surface area contributed by atoms with E-state index in [2.05, 4.69) is 38.2 Å². The molecule has 0 fully saturated rings. The van der Waals surface area contributed by atoms with Crippen LogP contribution in [0.5, 0.6) is 0 Å². The van der Waals surface area contributed by atoms with Crippen LogP contribution in [0.4, 0.5) is 4.79 Å². The molecule has 0 saturated heterocycles. The molecule has 0 aliphatic heterocycles. The Hall–Kier alpha value is -1.55. The summed E-state index contributed by atoms with van der Waals surface area (Å²) in [5.41, 5.74) is 7.14. The van der Waals surface area contributed by atoms with Crippen LogP contribution in [-0.4, -0.2) is 12.6 Å². The average molecular weight is 221 g/mol. The molecule has 0 aliphatic rings. The van der Waals surface area contributed by atoms with Crippen molar-refractivity contribution in [2.24, 2.45) is 5.84 Å². The predicted molar refractivity (Wildman–Crippen MR) is 65.1 cm³/mol. The maximum absolute atomic E-state index is 10.9. The maximum atomic E-state index is 10.9. The van der Waals surface area contributed by atoms with Gasteiger partial charge in [0, 0.05) is 6.54 Å². The third-order valence-electron chi connectivity index (χ3n) is 2.76. The first-order valence-corrected chi connectivity index (χ1v) is 5.35. The van der Waals surface area contributed by atoms with Gasteiger partial charge in [0.2, 0.25) is 0 Å². The van der Waals surface area contributed by atoms with E-state index in [0.29, 0.717) is 6.54 Å². The van der Waals surface area contributed by atoms with Crippen molar-refractivity contribution in [1.82, 2.24) is 10.7 Å². The van der Waals surface area contributed by atoms with Gasteiger partial charge in [-0.05, 0) is 49.4 Å². The van der Waals surface area contributed by atoms with Gasteiger partial charge in [0.1, 0.15) is 0 Å². The fourth-order valence-corrected chi connectivity index (χ4v) is 1.65. The molecule has 0 spiro atoms. The van der Waals surface area contributed by atoms with Crippen molar-refractivity contribution < 1.29 is 4.79 Å². The molecule has 1 aromatic carbocycles. The highest BCUT2D eigenvalue weighted by Gasteiger charge is 2.02.